The van der Waals surface area contributed by atoms with Crippen molar-refractivity contribution >= 4 is 39.3 Å². The van der Waals surface area contributed by atoms with Gasteiger partial charge in [-0.15, -0.1) is 0 Å². The number of aromatic amines is 1. The Balaban J connectivity index is 0.000000251. The van der Waals surface area contributed by atoms with Crippen LogP contribution < -0.4 is 5.56 Å². The van der Waals surface area contributed by atoms with E-state index in [0.717, 1.165) is 53.3 Å². The van der Waals surface area contributed by atoms with E-state index in [4.69, 9.17) is 24.8 Å². The van der Waals surface area contributed by atoms with Crippen molar-refractivity contribution in [2.75, 3.05) is 0 Å². The smallest absolute Gasteiger partial charge is 0.475 e. The van der Waals surface area contributed by atoms with Crippen LogP contribution in [-0.2, 0) is 9.59 Å². The number of carboxylic acid groups (broad SMARTS) is 2. The number of hydrogen-bond donors (Lipinski definition) is 4. The standard InChI is InChI=1S/C19H18N4O2.2C2HF3O2/c24-12-3-1-11(2-4-12)15-10-23-16-6-8-21-19(25)17(16)14-9-20-7-5-13(14)18(23)22-15;2*3-2(4,5)1(6)7/h5-12,24H,1-4H2,(H,21,25);2*(H,6,7). The van der Waals surface area contributed by atoms with Gasteiger partial charge < -0.3 is 20.3 Å². The zero-order chi connectivity index (χ0) is 29.1. The van der Waals surface area contributed by atoms with Crippen LogP contribution in [0.15, 0.2) is 41.7 Å². The Hall–Kier alpha value is -4.21. The lowest BCUT2D eigenvalue weighted by molar-refractivity contribution is -0.193. The molecule has 0 amide bonds. The highest BCUT2D eigenvalue weighted by atomic mass is 19.4. The number of imidazole rings is 1. The first-order valence-electron chi connectivity index (χ1n) is 11.2. The average molecular weight is 562 g/mol. The van der Waals surface area contributed by atoms with Gasteiger partial charge in [0, 0.05) is 41.5 Å². The summed E-state index contributed by atoms with van der Waals surface area (Å²) in [6.45, 7) is 0. The largest absolute Gasteiger partial charge is 0.490 e. The Morgan fingerprint density at radius 1 is 0.949 bits per heavy atom. The number of aromatic nitrogens is 4. The van der Waals surface area contributed by atoms with Gasteiger partial charge in [0.15, 0.2) is 0 Å². The van der Waals surface area contributed by atoms with Crippen molar-refractivity contribution in [1.29, 1.82) is 0 Å². The molecule has 0 atom stereocenters. The summed E-state index contributed by atoms with van der Waals surface area (Å²) >= 11 is 0. The van der Waals surface area contributed by atoms with Gasteiger partial charge in [0.1, 0.15) is 5.65 Å². The van der Waals surface area contributed by atoms with Crippen molar-refractivity contribution in [3.63, 3.8) is 0 Å². The normalized spacial score (nSPS) is 17.7. The Morgan fingerprint density at radius 2 is 1.51 bits per heavy atom. The Kier molecular flexibility index (Phi) is 8.48. The molecule has 10 nitrogen and oxygen atoms in total. The summed E-state index contributed by atoms with van der Waals surface area (Å²) in [6.07, 6.45) is 0.385. The second-order valence-electron chi connectivity index (χ2n) is 8.46. The Bertz CT molecular complexity index is 1530. The summed E-state index contributed by atoms with van der Waals surface area (Å²) in [6, 6.07) is 3.82. The minimum Gasteiger partial charge on any atom is -0.475 e. The van der Waals surface area contributed by atoms with Crippen molar-refractivity contribution in [3.05, 3.63) is 53.0 Å². The minimum atomic E-state index is -5.08. The van der Waals surface area contributed by atoms with Gasteiger partial charge in [-0.1, -0.05) is 0 Å². The van der Waals surface area contributed by atoms with Crippen molar-refractivity contribution in [2.24, 2.45) is 0 Å². The fourth-order valence-electron chi connectivity index (χ4n) is 4.06. The summed E-state index contributed by atoms with van der Waals surface area (Å²) in [5.41, 5.74) is 2.62. The highest BCUT2D eigenvalue weighted by molar-refractivity contribution is 6.10. The number of aliphatic carboxylic acids is 2. The topological polar surface area (TPSA) is 158 Å². The molecule has 0 bridgehead atoms. The summed E-state index contributed by atoms with van der Waals surface area (Å²) in [5.74, 6) is -5.16. The number of carbonyl (C=O) groups is 2. The summed E-state index contributed by atoms with van der Waals surface area (Å²) < 4.78 is 65.5. The number of hydrogen-bond acceptors (Lipinski definition) is 6. The number of carboxylic acids is 2. The van der Waals surface area contributed by atoms with E-state index < -0.39 is 24.3 Å². The first-order chi connectivity index (χ1) is 18.1. The van der Waals surface area contributed by atoms with Crippen molar-refractivity contribution < 1.29 is 51.3 Å². The van der Waals surface area contributed by atoms with Crippen LogP contribution in [0, 0.1) is 0 Å². The molecule has 39 heavy (non-hydrogen) atoms. The van der Waals surface area contributed by atoms with Gasteiger partial charge in [-0.2, -0.15) is 26.3 Å². The number of aliphatic hydroxyl groups excluding tert-OH is 1. The maximum atomic E-state index is 12.4. The van der Waals surface area contributed by atoms with Crippen LogP contribution in [0.5, 0.6) is 0 Å². The minimum absolute atomic E-state index is 0.117. The molecule has 4 heterocycles. The van der Waals surface area contributed by atoms with Crippen LogP contribution in [0.3, 0.4) is 0 Å². The van der Waals surface area contributed by atoms with Crippen LogP contribution in [0.25, 0.3) is 27.3 Å². The molecule has 0 aromatic carbocycles. The molecule has 4 aromatic heterocycles. The SMILES string of the molecule is O=C(O)C(F)(F)F.O=C(O)C(F)(F)F.O=c1[nH]ccc2c1c1cnccc1c1nc(C3CCC(O)CC3)cn21. The van der Waals surface area contributed by atoms with Gasteiger partial charge in [0.05, 0.1) is 22.7 Å². The lowest BCUT2D eigenvalue weighted by atomic mass is 9.86. The third kappa shape index (κ3) is 6.81. The number of halogens is 6. The summed E-state index contributed by atoms with van der Waals surface area (Å²) in [5, 5.41) is 26.4. The number of aliphatic hydroxyl groups is 1. The van der Waals surface area contributed by atoms with Gasteiger partial charge in [0.2, 0.25) is 0 Å². The Labute approximate surface area is 213 Å². The van der Waals surface area contributed by atoms with E-state index in [-0.39, 0.29) is 11.7 Å². The molecular weight excluding hydrogens is 542 g/mol. The maximum Gasteiger partial charge on any atom is 0.490 e. The van der Waals surface area contributed by atoms with Crippen molar-refractivity contribution in [2.45, 2.75) is 50.1 Å². The number of H-pyrrole nitrogens is 1. The first kappa shape index (κ1) is 29.3. The van der Waals surface area contributed by atoms with Crippen LogP contribution in [0.4, 0.5) is 26.3 Å². The van der Waals surface area contributed by atoms with Crippen LogP contribution in [0.2, 0.25) is 0 Å². The molecule has 5 rings (SSSR count). The Morgan fingerprint density at radius 3 is 2.05 bits per heavy atom. The predicted molar refractivity (Wildman–Crippen MR) is 123 cm³/mol. The number of nitrogens with one attached hydrogen (secondary N) is 1. The molecule has 0 saturated heterocycles. The molecule has 0 unspecified atom stereocenters. The molecule has 4 aromatic rings. The van der Waals surface area contributed by atoms with Crippen LogP contribution in [0.1, 0.15) is 37.3 Å². The van der Waals surface area contributed by atoms with E-state index in [9.17, 15) is 36.2 Å². The van der Waals surface area contributed by atoms with E-state index >= 15 is 0 Å². The van der Waals surface area contributed by atoms with Gasteiger partial charge in [-0.05, 0) is 37.8 Å². The number of rotatable bonds is 1. The van der Waals surface area contributed by atoms with Crippen molar-refractivity contribution in [1.82, 2.24) is 19.4 Å². The predicted octanol–water partition coefficient (Wildman–Crippen LogP) is 4.01. The monoisotopic (exact) mass is 562 g/mol. The first-order valence-corrected chi connectivity index (χ1v) is 11.2. The second-order valence-corrected chi connectivity index (χ2v) is 8.46. The van der Waals surface area contributed by atoms with Gasteiger partial charge in [0.25, 0.3) is 5.56 Å². The highest BCUT2D eigenvalue weighted by Gasteiger charge is 2.38. The molecule has 210 valence electrons. The third-order valence-corrected chi connectivity index (χ3v) is 5.85. The molecule has 0 aliphatic heterocycles. The lowest BCUT2D eigenvalue weighted by Crippen LogP contribution is -2.21. The van der Waals surface area contributed by atoms with Gasteiger partial charge >= 0.3 is 24.3 Å². The summed E-state index contributed by atoms with van der Waals surface area (Å²) in [7, 11) is 0. The molecule has 1 fully saturated rings. The number of fused-ring (bicyclic) bond motifs is 6. The third-order valence-electron chi connectivity index (χ3n) is 5.85. The molecule has 1 aliphatic carbocycles. The molecule has 1 aliphatic rings. The average Bonchev–Trinajstić information content (AvgIpc) is 3.30. The molecule has 0 radical (unpaired) electrons. The fourth-order valence-corrected chi connectivity index (χ4v) is 4.06. The van der Waals surface area contributed by atoms with E-state index in [1.807, 2.05) is 16.5 Å². The summed E-state index contributed by atoms with van der Waals surface area (Å²) in [4.78, 5) is 42.1. The molecule has 16 heteroatoms. The number of alkyl halides is 6. The van der Waals surface area contributed by atoms with E-state index in [2.05, 4.69) is 16.2 Å². The molecule has 4 N–H and O–H groups in total. The zero-order valence-corrected chi connectivity index (χ0v) is 19.6. The van der Waals surface area contributed by atoms with Crippen LogP contribution in [-0.4, -0.2) is 65.1 Å². The lowest BCUT2D eigenvalue weighted by Gasteiger charge is -2.23. The van der Waals surface area contributed by atoms with Crippen molar-refractivity contribution in [3.8, 4) is 0 Å². The number of nitrogens with zero attached hydrogens (tertiary/aromatic N) is 3. The van der Waals surface area contributed by atoms with Gasteiger partial charge in [-0.3, -0.25) is 14.2 Å². The fraction of sp³-hybridized carbons (Fsp3) is 0.348. The van der Waals surface area contributed by atoms with E-state index in [1.165, 1.54) is 0 Å². The van der Waals surface area contributed by atoms with Gasteiger partial charge in [-0.25, -0.2) is 14.6 Å². The highest BCUT2D eigenvalue weighted by Crippen LogP contribution is 2.34. The molecule has 0 spiro atoms. The quantitative estimate of drug-likeness (QED) is 0.200. The van der Waals surface area contributed by atoms with Crippen LogP contribution >= 0.6 is 0 Å². The maximum absolute atomic E-state index is 12.4. The number of pyridine rings is 3. The van der Waals surface area contributed by atoms with E-state index in [0.29, 0.717) is 11.3 Å². The molecule has 1 saturated carbocycles. The van der Waals surface area contributed by atoms with E-state index in [1.54, 1.807) is 18.6 Å². The second kappa shape index (κ2) is 11.3. The zero-order valence-electron chi connectivity index (χ0n) is 19.6. The molecular formula is C23H20F6N4O6.